The first-order chi connectivity index (χ1) is 16.4. The molecule has 8 nitrogen and oxygen atoms in total. The Kier molecular flexibility index (Phi) is 5.75. The number of alkyl halides is 2. The fraction of sp³-hybridized carbons (Fsp3) is 0.458. The summed E-state index contributed by atoms with van der Waals surface area (Å²) in [6.07, 6.45) is 3.19. The van der Waals surface area contributed by atoms with Crippen molar-refractivity contribution < 1.29 is 13.6 Å². The summed E-state index contributed by atoms with van der Waals surface area (Å²) in [7, 11) is 3.40. The van der Waals surface area contributed by atoms with Crippen LogP contribution in [0.4, 0.5) is 25.1 Å². The van der Waals surface area contributed by atoms with Crippen molar-refractivity contribution in [1.82, 2.24) is 29.8 Å². The molecule has 0 aliphatic carbocycles. The highest BCUT2D eigenvalue weighted by atomic mass is 19.3. The number of nitrogens with zero attached hydrogens (tertiary/aromatic N) is 6. The zero-order valence-electron chi connectivity index (χ0n) is 19.7. The van der Waals surface area contributed by atoms with Crippen LogP contribution in [0.15, 0.2) is 24.5 Å². The molecular formula is C24H29F2N7O. The number of aryl methyl sites for hydroxylation is 3. The number of fused-ring (bicyclic) bond motifs is 2. The van der Waals surface area contributed by atoms with Gasteiger partial charge >= 0.3 is 6.03 Å². The number of hydrogen-bond donors (Lipinski definition) is 1. The number of amides is 2. The van der Waals surface area contributed by atoms with Crippen LogP contribution < -0.4 is 10.2 Å². The van der Waals surface area contributed by atoms with E-state index in [-0.39, 0.29) is 11.6 Å². The van der Waals surface area contributed by atoms with E-state index in [1.54, 1.807) is 42.1 Å². The minimum Gasteiger partial charge on any atom is -0.341 e. The van der Waals surface area contributed by atoms with Gasteiger partial charge in [-0.2, -0.15) is 10.2 Å². The van der Waals surface area contributed by atoms with Crippen LogP contribution in [0.3, 0.4) is 0 Å². The SMILES string of the molecule is CCn1nc(N2CCCc3cc(-c4cnn(C)c4)c(C(F)F)cc32)c2c1CCN(C(=O)NC)C2. The topological polar surface area (TPSA) is 71.2 Å². The molecule has 3 aromatic rings. The highest BCUT2D eigenvalue weighted by Gasteiger charge is 2.32. The van der Waals surface area contributed by atoms with Crippen molar-refractivity contribution in [3.63, 3.8) is 0 Å². The van der Waals surface area contributed by atoms with Gasteiger partial charge in [0.25, 0.3) is 6.43 Å². The molecule has 0 saturated carbocycles. The molecule has 180 valence electrons. The van der Waals surface area contributed by atoms with Crippen LogP contribution in [0.25, 0.3) is 11.1 Å². The Balaban J connectivity index is 1.61. The first-order valence-electron chi connectivity index (χ1n) is 11.7. The van der Waals surface area contributed by atoms with Crippen molar-refractivity contribution in [2.45, 2.75) is 45.7 Å². The Morgan fingerprint density at radius 3 is 2.74 bits per heavy atom. The zero-order valence-corrected chi connectivity index (χ0v) is 19.7. The Hall–Kier alpha value is -3.43. The number of anilines is 2. The van der Waals surface area contributed by atoms with Crippen molar-refractivity contribution in [3.8, 4) is 11.1 Å². The van der Waals surface area contributed by atoms with Crippen LogP contribution in [0.5, 0.6) is 0 Å². The summed E-state index contributed by atoms with van der Waals surface area (Å²) < 4.78 is 32.0. The lowest BCUT2D eigenvalue weighted by atomic mass is 9.92. The molecule has 10 heteroatoms. The number of nitrogens with one attached hydrogen (secondary N) is 1. The predicted octanol–water partition coefficient (Wildman–Crippen LogP) is 4.02. The first kappa shape index (κ1) is 22.4. The smallest absolute Gasteiger partial charge is 0.317 e. The lowest BCUT2D eigenvalue weighted by molar-refractivity contribution is 0.152. The summed E-state index contributed by atoms with van der Waals surface area (Å²) in [6.45, 7) is 4.52. The number of urea groups is 1. The predicted molar refractivity (Wildman–Crippen MR) is 125 cm³/mol. The summed E-state index contributed by atoms with van der Waals surface area (Å²) in [5.41, 5.74) is 5.12. The molecule has 2 aromatic heterocycles. The van der Waals surface area contributed by atoms with Gasteiger partial charge in [-0.05, 0) is 43.0 Å². The zero-order chi connectivity index (χ0) is 24.0. The maximum Gasteiger partial charge on any atom is 0.317 e. The summed E-state index contributed by atoms with van der Waals surface area (Å²) >= 11 is 0. The molecule has 34 heavy (non-hydrogen) atoms. The summed E-state index contributed by atoms with van der Waals surface area (Å²) in [4.78, 5) is 16.2. The normalized spacial score (nSPS) is 15.5. The maximum absolute atomic E-state index is 14.2. The summed E-state index contributed by atoms with van der Waals surface area (Å²) in [5, 5.41) is 11.8. The van der Waals surface area contributed by atoms with E-state index in [9.17, 15) is 13.6 Å². The van der Waals surface area contributed by atoms with E-state index in [2.05, 4.69) is 15.3 Å². The molecule has 0 radical (unpaired) electrons. The van der Waals surface area contributed by atoms with Gasteiger partial charge in [0.05, 0.1) is 12.7 Å². The highest BCUT2D eigenvalue weighted by molar-refractivity contribution is 5.78. The molecule has 0 unspecified atom stereocenters. The molecule has 4 heterocycles. The molecule has 0 saturated heterocycles. The van der Waals surface area contributed by atoms with E-state index in [4.69, 9.17) is 5.10 Å². The Bertz CT molecular complexity index is 1230. The molecule has 2 aliphatic rings. The van der Waals surface area contributed by atoms with Gasteiger partial charge < -0.3 is 15.1 Å². The van der Waals surface area contributed by atoms with Gasteiger partial charge in [-0.1, -0.05) is 0 Å². The van der Waals surface area contributed by atoms with E-state index in [1.807, 2.05) is 17.7 Å². The Labute approximate surface area is 197 Å². The first-order valence-corrected chi connectivity index (χ1v) is 11.7. The number of carbonyl (C=O) groups is 1. The van der Waals surface area contributed by atoms with Gasteiger partial charge in [0.15, 0.2) is 5.82 Å². The number of aromatic nitrogens is 4. The largest absolute Gasteiger partial charge is 0.341 e. The fourth-order valence-electron chi connectivity index (χ4n) is 5.14. The average Bonchev–Trinajstić information content (AvgIpc) is 3.45. The lowest BCUT2D eigenvalue weighted by Crippen LogP contribution is -2.41. The van der Waals surface area contributed by atoms with Gasteiger partial charge in [0.2, 0.25) is 0 Å². The van der Waals surface area contributed by atoms with E-state index < -0.39 is 6.43 Å². The molecule has 1 aromatic carbocycles. The van der Waals surface area contributed by atoms with Gasteiger partial charge in [0.1, 0.15) is 0 Å². The maximum atomic E-state index is 14.2. The van der Waals surface area contributed by atoms with Crippen molar-refractivity contribution in [2.75, 3.05) is 25.0 Å². The molecule has 2 amide bonds. The average molecular weight is 470 g/mol. The van der Waals surface area contributed by atoms with Crippen LogP contribution in [0.2, 0.25) is 0 Å². The summed E-state index contributed by atoms with van der Waals surface area (Å²) in [6, 6.07) is 3.39. The highest BCUT2D eigenvalue weighted by Crippen LogP contribution is 2.42. The van der Waals surface area contributed by atoms with Gasteiger partial charge in [-0.15, -0.1) is 0 Å². The molecule has 0 atom stereocenters. The summed E-state index contributed by atoms with van der Waals surface area (Å²) in [5.74, 6) is 0.765. The van der Waals surface area contributed by atoms with Gasteiger partial charge in [-0.25, -0.2) is 13.6 Å². The molecule has 0 spiro atoms. The fourth-order valence-corrected chi connectivity index (χ4v) is 5.14. The molecular weight excluding hydrogens is 440 g/mol. The lowest BCUT2D eigenvalue weighted by Gasteiger charge is -2.33. The van der Waals surface area contributed by atoms with Crippen molar-refractivity contribution in [1.29, 1.82) is 0 Å². The third-order valence-corrected chi connectivity index (χ3v) is 6.79. The molecule has 5 rings (SSSR count). The molecule has 2 aliphatic heterocycles. The minimum atomic E-state index is -2.62. The second kappa shape index (κ2) is 8.73. The number of benzene rings is 1. The number of rotatable bonds is 4. The second-order valence-corrected chi connectivity index (χ2v) is 8.82. The molecule has 1 N–H and O–H groups in total. The van der Waals surface area contributed by atoms with Crippen molar-refractivity contribution in [2.24, 2.45) is 7.05 Å². The van der Waals surface area contributed by atoms with E-state index in [1.165, 1.54) is 0 Å². The van der Waals surface area contributed by atoms with Crippen molar-refractivity contribution >= 4 is 17.5 Å². The van der Waals surface area contributed by atoms with Crippen LogP contribution in [-0.2, 0) is 33.0 Å². The van der Waals surface area contributed by atoms with E-state index >= 15 is 0 Å². The Morgan fingerprint density at radius 1 is 1.24 bits per heavy atom. The number of hydrogen-bond acceptors (Lipinski definition) is 4. The van der Waals surface area contributed by atoms with Crippen LogP contribution in [0, 0.1) is 0 Å². The minimum absolute atomic E-state index is 0.00516. The third kappa shape index (κ3) is 3.70. The number of halogens is 2. The molecule has 0 bridgehead atoms. The second-order valence-electron chi connectivity index (χ2n) is 8.82. The quantitative estimate of drug-likeness (QED) is 0.627. The van der Waals surface area contributed by atoms with E-state index in [0.29, 0.717) is 43.7 Å². The van der Waals surface area contributed by atoms with Crippen LogP contribution in [-0.4, -0.2) is 50.6 Å². The standard InChI is InChI=1S/C24H29F2N7O/c1-4-33-20-7-9-31(24(34)27-2)14-19(20)23(29-33)32-8-5-6-15-10-17(16-12-28-30(3)13-16)18(22(25)26)11-21(15)32/h10-13,22H,4-9,14H2,1-3H3,(H,27,34). The Morgan fingerprint density at radius 2 is 2.06 bits per heavy atom. The third-order valence-electron chi connectivity index (χ3n) is 6.79. The van der Waals surface area contributed by atoms with Gasteiger partial charge in [-0.3, -0.25) is 9.36 Å². The van der Waals surface area contributed by atoms with Gasteiger partial charge in [0, 0.05) is 74.4 Å². The monoisotopic (exact) mass is 469 g/mol. The van der Waals surface area contributed by atoms with Crippen molar-refractivity contribution in [3.05, 3.63) is 46.9 Å². The molecule has 0 fully saturated rings. The van der Waals surface area contributed by atoms with Crippen LogP contribution in [0.1, 0.15) is 42.2 Å². The van der Waals surface area contributed by atoms with E-state index in [0.717, 1.165) is 41.2 Å². The van der Waals surface area contributed by atoms with Crippen LogP contribution >= 0.6 is 0 Å². The number of carbonyl (C=O) groups excluding carboxylic acids is 1.